The molecule has 2 unspecified atom stereocenters. The summed E-state index contributed by atoms with van der Waals surface area (Å²) in [5.41, 5.74) is -0.956. The lowest BCUT2D eigenvalue weighted by atomic mass is 9.85. The van der Waals surface area contributed by atoms with Gasteiger partial charge in [0.15, 0.2) is 0 Å². The van der Waals surface area contributed by atoms with Gasteiger partial charge in [-0.3, -0.25) is 4.79 Å². The molecule has 15 heavy (non-hydrogen) atoms. The highest BCUT2D eigenvalue weighted by molar-refractivity contribution is 7.89. The predicted molar refractivity (Wildman–Crippen MR) is 56.0 cm³/mol. The minimum Gasteiger partial charge on any atom is -0.481 e. The fourth-order valence-electron chi connectivity index (χ4n) is 1.91. The molecule has 0 heterocycles. The van der Waals surface area contributed by atoms with Crippen LogP contribution in [0.3, 0.4) is 0 Å². The molecule has 0 saturated heterocycles. The van der Waals surface area contributed by atoms with Crippen LogP contribution < -0.4 is 4.72 Å². The number of nitrogens with one attached hydrogen (secondary N) is 1. The molecule has 1 aliphatic carbocycles. The van der Waals surface area contributed by atoms with Gasteiger partial charge in [0.1, 0.15) is 0 Å². The van der Waals surface area contributed by atoms with Crippen LogP contribution >= 0.6 is 0 Å². The number of carbonyl (C=O) groups is 1. The van der Waals surface area contributed by atoms with Gasteiger partial charge in [0.25, 0.3) is 0 Å². The largest absolute Gasteiger partial charge is 0.481 e. The fraction of sp³-hybridized carbons (Fsp3) is 0.889. The second-order valence-corrected chi connectivity index (χ2v) is 6.23. The first-order chi connectivity index (χ1) is 6.82. The van der Waals surface area contributed by atoms with Gasteiger partial charge in [0.2, 0.25) is 10.0 Å². The molecule has 0 bridgehead atoms. The van der Waals surface area contributed by atoms with Crippen LogP contribution in [-0.4, -0.2) is 31.3 Å². The zero-order valence-corrected chi connectivity index (χ0v) is 9.80. The van der Waals surface area contributed by atoms with Gasteiger partial charge in [-0.05, 0) is 26.7 Å². The van der Waals surface area contributed by atoms with Crippen LogP contribution in [0.15, 0.2) is 0 Å². The molecule has 1 saturated carbocycles. The van der Waals surface area contributed by atoms with E-state index in [1.807, 2.05) is 0 Å². The van der Waals surface area contributed by atoms with Crippen LogP contribution in [-0.2, 0) is 14.8 Å². The first kappa shape index (κ1) is 12.4. The molecule has 5 nitrogen and oxygen atoms in total. The second-order valence-electron chi connectivity index (χ2n) is 4.19. The van der Waals surface area contributed by atoms with Gasteiger partial charge < -0.3 is 5.11 Å². The molecule has 1 rings (SSSR count). The smallest absolute Gasteiger partial charge is 0.310 e. The minimum absolute atomic E-state index is 0.0147. The van der Waals surface area contributed by atoms with E-state index in [9.17, 15) is 13.2 Å². The molecule has 1 aliphatic rings. The van der Waals surface area contributed by atoms with Gasteiger partial charge in [0, 0.05) is 6.04 Å². The maximum atomic E-state index is 11.4. The van der Waals surface area contributed by atoms with E-state index < -0.39 is 27.4 Å². The Morgan fingerprint density at radius 3 is 2.67 bits per heavy atom. The first-order valence-corrected chi connectivity index (χ1v) is 6.70. The summed E-state index contributed by atoms with van der Waals surface area (Å²) >= 11 is 0. The summed E-state index contributed by atoms with van der Waals surface area (Å²) in [5, 5.41) is 9.08. The van der Waals surface area contributed by atoms with Crippen LogP contribution in [0.1, 0.15) is 33.1 Å². The summed E-state index contributed by atoms with van der Waals surface area (Å²) in [6.07, 6.45) is 1.88. The molecule has 2 atom stereocenters. The van der Waals surface area contributed by atoms with E-state index in [4.69, 9.17) is 5.11 Å². The summed E-state index contributed by atoms with van der Waals surface area (Å²) in [6, 6.07) is -0.472. The first-order valence-electron chi connectivity index (χ1n) is 5.05. The molecule has 6 heteroatoms. The minimum atomic E-state index is -3.32. The zero-order chi connectivity index (χ0) is 11.7. The molecule has 0 spiro atoms. The van der Waals surface area contributed by atoms with Gasteiger partial charge in [0.05, 0.1) is 11.2 Å². The maximum absolute atomic E-state index is 11.4. The topological polar surface area (TPSA) is 83.5 Å². The Morgan fingerprint density at radius 1 is 1.60 bits per heavy atom. The Labute approximate surface area is 89.9 Å². The fourth-order valence-corrected chi connectivity index (χ4v) is 2.89. The summed E-state index contributed by atoms with van der Waals surface area (Å²) < 4.78 is 25.2. The third-order valence-corrected chi connectivity index (χ3v) is 4.55. The van der Waals surface area contributed by atoms with E-state index >= 15 is 0 Å². The average Bonchev–Trinajstić information content (AvgIpc) is 2.49. The number of hydrogen-bond acceptors (Lipinski definition) is 3. The van der Waals surface area contributed by atoms with Crippen molar-refractivity contribution in [2.45, 2.75) is 39.2 Å². The third kappa shape index (κ3) is 2.49. The van der Waals surface area contributed by atoms with Crippen molar-refractivity contribution in [3.05, 3.63) is 0 Å². The van der Waals surface area contributed by atoms with E-state index in [1.165, 1.54) is 6.92 Å². The lowest BCUT2D eigenvalue weighted by Gasteiger charge is -2.27. The van der Waals surface area contributed by atoms with Crippen molar-refractivity contribution in [1.29, 1.82) is 0 Å². The van der Waals surface area contributed by atoms with Crippen molar-refractivity contribution in [1.82, 2.24) is 4.72 Å². The lowest BCUT2D eigenvalue weighted by Crippen LogP contribution is -2.47. The number of aliphatic carboxylic acids is 1. The Morgan fingerprint density at radius 2 is 2.20 bits per heavy atom. The highest BCUT2D eigenvalue weighted by atomic mass is 32.2. The number of rotatable bonds is 4. The van der Waals surface area contributed by atoms with Crippen molar-refractivity contribution in [2.24, 2.45) is 5.41 Å². The summed E-state index contributed by atoms with van der Waals surface area (Å²) in [5.74, 6) is -0.942. The van der Waals surface area contributed by atoms with E-state index in [0.717, 1.165) is 6.42 Å². The second kappa shape index (κ2) is 4.09. The third-order valence-electron chi connectivity index (χ3n) is 3.15. The molecule has 0 amide bonds. The molecule has 88 valence electrons. The summed E-state index contributed by atoms with van der Waals surface area (Å²) in [6.45, 7) is 3.14. The Bertz CT molecular complexity index is 351. The van der Waals surface area contributed by atoms with Crippen LogP contribution in [0.25, 0.3) is 0 Å². The number of sulfonamides is 1. The van der Waals surface area contributed by atoms with Gasteiger partial charge in [-0.2, -0.15) is 0 Å². The highest BCUT2D eigenvalue weighted by Crippen LogP contribution is 2.38. The van der Waals surface area contributed by atoms with E-state index in [-0.39, 0.29) is 5.75 Å². The number of hydrogen-bond donors (Lipinski definition) is 2. The van der Waals surface area contributed by atoms with Crippen LogP contribution in [0.2, 0.25) is 0 Å². The maximum Gasteiger partial charge on any atom is 0.310 e. The van der Waals surface area contributed by atoms with Crippen LogP contribution in [0.4, 0.5) is 0 Å². The van der Waals surface area contributed by atoms with Gasteiger partial charge in [-0.15, -0.1) is 0 Å². The van der Waals surface area contributed by atoms with E-state index in [0.29, 0.717) is 12.8 Å². The van der Waals surface area contributed by atoms with Gasteiger partial charge in [-0.1, -0.05) is 6.42 Å². The highest BCUT2D eigenvalue weighted by Gasteiger charge is 2.46. The van der Waals surface area contributed by atoms with Crippen LogP contribution in [0.5, 0.6) is 0 Å². The Hall–Kier alpha value is -0.620. The van der Waals surface area contributed by atoms with Crippen molar-refractivity contribution in [2.75, 3.05) is 5.75 Å². The summed E-state index contributed by atoms with van der Waals surface area (Å²) in [4.78, 5) is 11.1. The van der Waals surface area contributed by atoms with Gasteiger partial charge >= 0.3 is 5.97 Å². The van der Waals surface area contributed by atoms with E-state index in [2.05, 4.69) is 4.72 Å². The predicted octanol–water partition coefficient (Wildman–Crippen LogP) is 0.569. The lowest BCUT2D eigenvalue weighted by molar-refractivity contribution is -0.148. The molecule has 0 aromatic heterocycles. The number of carboxylic acids is 1. The van der Waals surface area contributed by atoms with Gasteiger partial charge in [-0.25, -0.2) is 13.1 Å². The molecule has 2 N–H and O–H groups in total. The molecular formula is C9H17NO4S. The molecular weight excluding hydrogens is 218 g/mol. The Kier molecular flexibility index (Phi) is 3.40. The van der Waals surface area contributed by atoms with E-state index in [1.54, 1.807) is 6.92 Å². The molecule has 0 aromatic rings. The number of carboxylic acid groups (broad SMARTS) is 1. The van der Waals surface area contributed by atoms with Crippen molar-refractivity contribution < 1.29 is 18.3 Å². The van der Waals surface area contributed by atoms with Crippen molar-refractivity contribution in [3.8, 4) is 0 Å². The quantitative estimate of drug-likeness (QED) is 0.746. The van der Waals surface area contributed by atoms with Crippen molar-refractivity contribution in [3.63, 3.8) is 0 Å². The summed E-state index contributed by atoms with van der Waals surface area (Å²) in [7, 11) is -3.32. The Balaban J connectivity index is 2.83. The molecule has 1 fully saturated rings. The van der Waals surface area contributed by atoms with Crippen LogP contribution in [0, 0.1) is 5.41 Å². The zero-order valence-electron chi connectivity index (χ0n) is 8.99. The van der Waals surface area contributed by atoms with Crippen molar-refractivity contribution >= 4 is 16.0 Å². The molecule has 0 radical (unpaired) electrons. The molecule has 0 aromatic carbocycles. The SMILES string of the molecule is CCS(=O)(=O)NC1CCCC1(C)C(=O)O. The monoisotopic (exact) mass is 235 g/mol. The average molecular weight is 235 g/mol. The normalized spacial score (nSPS) is 31.7. The standard InChI is InChI=1S/C9H17NO4S/c1-3-15(13,14)10-7-5-4-6-9(7,2)8(11)12/h7,10H,3-6H2,1-2H3,(H,11,12). The molecule has 0 aliphatic heterocycles.